The fraction of sp³-hybridized carbons (Fsp3) is 0.867. The second-order valence-electron chi connectivity index (χ2n) is 5.72. The van der Waals surface area contributed by atoms with E-state index in [-0.39, 0.29) is 12.5 Å². The Morgan fingerprint density at radius 3 is 2.17 bits per heavy atom. The molecule has 0 aromatic rings. The molecule has 0 saturated carbocycles. The van der Waals surface area contributed by atoms with E-state index in [0.717, 1.165) is 19.3 Å². The summed E-state index contributed by atoms with van der Waals surface area (Å²) in [6.07, 6.45) is 3.19. The lowest BCUT2D eigenvalue weighted by atomic mass is 10.1. The molecule has 0 heterocycles. The Balaban J connectivity index is 4.47. The number of carbonyl (C=O) groups is 2. The van der Waals surface area contributed by atoms with E-state index in [1.807, 2.05) is 0 Å². The van der Waals surface area contributed by atoms with E-state index in [1.165, 1.54) is 6.92 Å². The van der Waals surface area contributed by atoms with E-state index < -0.39 is 24.2 Å². The molecule has 0 aromatic heterocycles. The molecule has 23 heavy (non-hydrogen) atoms. The van der Waals surface area contributed by atoms with Crippen LogP contribution in [0.25, 0.3) is 0 Å². The van der Waals surface area contributed by atoms with Crippen LogP contribution in [0.4, 0.5) is 0 Å². The second-order valence-corrected chi connectivity index (χ2v) is 5.72. The molecule has 0 aliphatic rings. The SMILES string of the molecule is CC(O)COC(=O)[C@H](CCCCN)NC(=O)[C@@H](N)CCCCN. The molecular formula is C15H32N4O4. The van der Waals surface area contributed by atoms with Crippen LogP contribution in [0.3, 0.4) is 0 Å². The summed E-state index contributed by atoms with van der Waals surface area (Å²) in [6, 6.07) is -1.45. The number of esters is 1. The van der Waals surface area contributed by atoms with Gasteiger partial charge in [0.05, 0.1) is 12.1 Å². The van der Waals surface area contributed by atoms with E-state index >= 15 is 0 Å². The Morgan fingerprint density at radius 1 is 1.09 bits per heavy atom. The number of carbonyl (C=O) groups excluding carboxylic acids is 2. The molecule has 1 unspecified atom stereocenters. The number of unbranched alkanes of at least 4 members (excludes halogenated alkanes) is 2. The average molecular weight is 332 g/mol. The van der Waals surface area contributed by atoms with Gasteiger partial charge in [-0.3, -0.25) is 4.79 Å². The fourth-order valence-electron chi connectivity index (χ4n) is 1.96. The van der Waals surface area contributed by atoms with Crippen molar-refractivity contribution in [3.05, 3.63) is 0 Å². The maximum Gasteiger partial charge on any atom is 0.328 e. The first-order valence-corrected chi connectivity index (χ1v) is 8.23. The summed E-state index contributed by atoms with van der Waals surface area (Å²) in [5, 5.41) is 11.8. The summed E-state index contributed by atoms with van der Waals surface area (Å²) < 4.78 is 4.98. The first-order chi connectivity index (χ1) is 10.9. The quantitative estimate of drug-likeness (QED) is 0.214. The first-order valence-electron chi connectivity index (χ1n) is 8.23. The van der Waals surface area contributed by atoms with Crippen LogP contribution in [0.2, 0.25) is 0 Å². The Hall–Kier alpha value is -1.22. The summed E-state index contributed by atoms with van der Waals surface area (Å²) in [6.45, 7) is 2.48. The van der Waals surface area contributed by atoms with Gasteiger partial charge in [-0.25, -0.2) is 4.79 Å². The minimum absolute atomic E-state index is 0.107. The number of ether oxygens (including phenoxy) is 1. The van der Waals surface area contributed by atoms with Crippen molar-refractivity contribution in [2.24, 2.45) is 17.2 Å². The van der Waals surface area contributed by atoms with Crippen LogP contribution in [0.5, 0.6) is 0 Å². The van der Waals surface area contributed by atoms with Crippen molar-refractivity contribution in [1.29, 1.82) is 0 Å². The summed E-state index contributed by atoms with van der Waals surface area (Å²) in [5.41, 5.74) is 16.7. The van der Waals surface area contributed by atoms with Crippen LogP contribution in [0.1, 0.15) is 45.4 Å². The molecule has 1 amide bonds. The zero-order chi connectivity index (χ0) is 17.7. The van der Waals surface area contributed by atoms with Crippen LogP contribution in [0.15, 0.2) is 0 Å². The Kier molecular flexibility index (Phi) is 12.5. The number of hydrogen-bond donors (Lipinski definition) is 5. The molecular weight excluding hydrogens is 300 g/mol. The van der Waals surface area contributed by atoms with Gasteiger partial charge >= 0.3 is 5.97 Å². The van der Waals surface area contributed by atoms with E-state index in [1.54, 1.807) is 0 Å². The topological polar surface area (TPSA) is 154 Å². The monoisotopic (exact) mass is 332 g/mol. The summed E-state index contributed by atoms with van der Waals surface area (Å²) in [4.78, 5) is 24.1. The third kappa shape index (κ3) is 11.0. The van der Waals surface area contributed by atoms with Crippen LogP contribution < -0.4 is 22.5 Å². The fourth-order valence-corrected chi connectivity index (χ4v) is 1.96. The van der Waals surface area contributed by atoms with Gasteiger partial charge in [0.25, 0.3) is 0 Å². The zero-order valence-corrected chi connectivity index (χ0v) is 14.0. The summed E-state index contributed by atoms with van der Waals surface area (Å²) >= 11 is 0. The number of nitrogens with one attached hydrogen (secondary N) is 1. The van der Waals surface area contributed by atoms with Crippen molar-refractivity contribution < 1.29 is 19.4 Å². The molecule has 8 N–H and O–H groups in total. The normalized spacial score (nSPS) is 14.8. The van der Waals surface area contributed by atoms with Crippen LogP contribution in [-0.2, 0) is 14.3 Å². The molecule has 0 aliphatic carbocycles. The van der Waals surface area contributed by atoms with Crippen LogP contribution in [-0.4, -0.2) is 54.9 Å². The van der Waals surface area contributed by atoms with Gasteiger partial charge in [-0.15, -0.1) is 0 Å². The molecule has 0 spiro atoms. The minimum Gasteiger partial charge on any atom is -0.461 e. The van der Waals surface area contributed by atoms with Crippen molar-refractivity contribution in [2.75, 3.05) is 19.7 Å². The number of amides is 1. The number of hydrogen-bond acceptors (Lipinski definition) is 7. The van der Waals surface area contributed by atoms with Gasteiger partial charge in [-0.1, -0.05) is 6.42 Å². The maximum atomic E-state index is 12.1. The standard InChI is InChI=1S/C15H32N4O4/c1-11(20)10-23-15(22)13(7-3-5-9-17)19-14(21)12(18)6-2-4-8-16/h11-13,20H,2-10,16-18H2,1H3,(H,19,21)/t11?,12-,13-/m0/s1. The number of aliphatic hydroxyl groups is 1. The molecule has 8 nitrogen and oxygen atoms in total. The van der Waals surface area contributed by atoms with Crippen molar-refractivity contribution in [2.45, 2.75) is 63.6 Å². The number of aliphatic hydroxyl groups excluding tert-OH is 1. The molecule has 0 aromatic carbocycles. The van der Waals surface area contributed by atoms with E-state index in [9.17, 15) is 14.7 Å². The number of rotatable bonds is 13. The van der Waals surface area contributed by atoms with Gasteiger partial charge in [0.1, 0.15) is 12.6 Å². The largest absolute Gasteiger partial charge is 0.461 e. The summed E-state index contributed by atoms with van der Waals surface area (Å²) in [7, 11) is 0. The molecule has 0 radical (unpaired) electrons. The molecule has 0 rings (SSSR count). The third-order valence-corrected chi connectivity index (χ3v) is 3.32. The maximum absolute atomic E-state index is 12.1. The lowest BCUT2D eigenvalue weighted by Gasteiger charge is -2.20. The molecule has 136 valence electrons. The number of nitrogens with two attached hydrogens (primary N) is 3. The first kappa shape index (κ1) is 21.8. The van der Waals surface area contributed by atoms with E-state index in [2.05, 4.69) is 5.32 Å². The molecule has 8 heteroatoms. The lowest BCUT2D eigenvalue weighted by Crippen LogP contribution is -2.49. The highest BCUT2D eigenvalue weighted by Gasteiger charge is 2.24. The Labute approximate surface area is 138 Å². The van der Waals surface area contributed by atoms with E-state index in [0.29, 0.717) is 32.4 Å². The minimum atomic E-state index is -0.770. The van der Waals surface area contributed by atoms with Gasteiger partial charge in [-0.05, 0) is 52.1 Å². The summed E-state index contributed by atoms with van der Waals surface area (Å²) in [5.74, 6) is -0.945. The van der Waals surface area contributed by atoms with Gasteiger partial charge in [0, 0.05) is 0 Å². The highest BCUT2D eigenvalue weighted by Crippen LogP contribution is 2.05. The smallest absolute Gasteiger partial charge is 0.328 e. The van der Waals surface area contributed by atoms with Crippen molar-refractivity contribution in [3.63, 3.8) is 0 Å². The molecule has 0 saturated heterocycles. The van der Waals surface area contributed by atoms with E-state index in [4.69, 9.17) is 21.9 Å². The van der Waals surface area contributed by atoms with Crippen molar-refractivity contribution in [3.8, 4) is 0 Å². The van der Waals surface area contributed by atoms with Gasteiger partial charge in [-0.2, -0.15) is 0 Å². The van der Waals surface area contributed by atoms with Gasteiger partial charge in [0.2, 0.25) is 5.91 Å². The predicted octanol–water partition coefficient (Wildman–Crippen LogP) is -1.02. The Morgan fingerprint density at radius 2 is 1.65 bits per heavy atom. The lowest BCUT2D eigenvalue weighted by molar-refractivity contribution is -0.150. The highest BCUT2D eigenvalue weighted by atomic mass is 16.5. The second kappa shape index (κ2) is 13.2. The molecule has 0 aliphatic heterocycles. The molecule has 3 atom stereocenters. The van der Waals surface area contributed by atoms with Gasteiger partial charge < -0.3 is 32.4 Å². The van der Waals surface area contributed by atoms with Crippen LogP contribution in [0, 0.1) is 0 Å². The average Bonchev–Trinajstić information content (AvgIpc) is 2.51. The molecule has 0 bridgehead atoms. The Bertz CT molecular complexity index is 339. The van der Waals surface area contributed by atoms with Crippen LogP contribution >= 0.6 is 0 Å². The highest BCUT2D eigenvalue weighted by molar-refractivity contribution is 5.87. The molecule has 0 fully saturated rings. The van der Waals surface area contributed by atoms with Crippen molar-refractivity contribution in [1.82, 2.24) is 5.32 Å². The predicted molar refractivity (Wildman–Crippen MR) is 88.4 cm³/mol. The van der Waals surface area contributed by atoms with Crippen molar-refractivity contribution >= 4 is 11.9 Å². The van der Waals surface area contributed by atoms with Gasteiger partial charge in [0.15, 0.2) is 0 Å². The third-order valence-electron chi connectivity index (χ3n) is 3.32. The zero-order valence-electron chi connectivity index (χ0n) is 14.0.